The Labute approximate surface area is 105 Å². The van der Waals surface area contributed by atoms with Crippen molar-refractivity contribution in [1.29, 1.82) is 0 Å². The van der Waals surface area contributed by atoms with Gasteiger partial charge in [-0.25, -0.2) is 0 Å². The van der Waals surface area contributed by atoms with Gasteiger partial charge in [0.05, 0.1) is 5.60 Å². The summed E-state index contributed by atoms with van der Waals surface area (Å²) in [5, 5.41) is 0. The number of carbonyl (C=O) groups excluding carboxylic acids is 1. The van der Waals surface area contributed by atoms with Crippen molar-refractivity contribution in [1.82, 2.24) is 9.80 Å². The largest absolute Gasteiger partial charge is 0.366 e. The highest BCUT2D eigenvalue weighted by atomic mass is 16.5. The molecule has 0 aromatic heterocycles. The highest BCUT2D eigenvalue weighted by Crippen LogP contribution is 2.08. The lowest BCUT2D eigenvalue weighted by molar-refractivity contribution is -0.142. The molecule has 0 atom stereocenters. The Morgan fingerprint density at radius 2 is 1.76 bits per heavy atom. The molecule has 1 amide bonds. The van der Waals surface area contributed by atoms with Crippen LogP contribution in [-0.2, 0) is 9.53 Å². The molecular formula is C13H26N2O2. The van der Waals surface area contributed by atoms with Crippen LogP contribution in [0.3, 0.4) is 0 Å². The van der Waals surface area contributed by atoms with Crippen molar-refractivity contribution in [3.8, 4) is 0 Å². The molecule has 1 aliphatic heterocycles. The summed E-state index contributed by atoms with van der Waals surface area (Å²) in [4.78, 5) is 16.2. The predicted octanol–water partition coefficient (Wildman–Crippen LogP) is 1.36. The van der Waals surface area contributed by atoms with Crippen LogP contribution in [0.1, 0.15) is 34.1 Å². The molecule has 0 aliphatic carbocycles. The molecule has 1 fully saturated rings. The van der Waals surface area contributed by atoms with Gasteiger partial charge in [-0.05, 0) is 33.7 Å². The Balaban J connectivity index is 2.26. The van der Waals surface area contributed by atoms with Crippen molar-refractivity contribution < 1.29 is 9.53 Å². The van der Waals surface area contributed by atoms with E-state index >= 15 is 0 Å². The van der Waals surface area contributed by atoms with Gasteiger partial charge in [-0.1, -0.05) is 6.92 Å². The first-order valence-electron chi connectivity index (χ1n) is 6.56. The van der Waals surface area contributed by atoms with Gasteiger partial charge in [-0.3, -0.25) is 9.69 Å². The molecule has 0 aromatic rings. The van der Waals surface area contributed by atoms with Crippen LogP contribution in [0.25, 0.3) is 0 Å². The summed E-state index contributed by atoms with van der Waals surface area (Å²) in [7, 11) is 0. The average molecular weight is 242 g/mol. The van der Waals surface area contributed by atoms with Crippen molar-refractivity contribution >= 4 is 5.91 Å². The molecule has 1 aliphatic rings. The van der Waals surface area contributed by atoms with Crippen LogP contribution in [0.4, 0.5) is 0 Å². The summed E-state index contributed by atoms with van der Waals surface area (Å²) in [6.07, 6.45) is 1.18. The van der Waals surface area contributed by atoms with E-state index in [-0.39, 0.29) is 18.1 Å². The first-order valence-corrected chi connectivity index (χ1v) is 6.56. The van der Waals surface area contributed by atoms with Crippen molar-refractivity contribution in [3.05, 3.63) is 0 Å². The first-order chi connectivity index (χ1) is 7.92. The van der Waals surface area contributed by atoms with Crippen molar-refractivity contribution in [2.24, 2.45) is 0 Å². The van der Waals surface area contributed by atoms with E-state index in [0.29, 0.717) is 0 Å². The minimum Gasteiger partial charge on any atom is -0.366 e. The Kier molecular flexibility index (Phi) is 5.40. The van der Waals surface area contributed by atoms with Crippen LogP contribution in [-0.4, -0.2) is 60.6 Å². The van der Waals surface area contributed by atoms with E-state index in [2.05, 4.69) is 11.8 Å². The van der Waals surface area contributed by atoms with E-state index in [9.17, 15) is 4.79 Å². The summed E-state index contributed by atoms with van der Waals surface area (Å²) in [5.41, 5.74) is -0.236. The summed E-state index contributed by atoms with van der Waals surface area (Å²) in [6.45, 7) is 13.1. The zero-order valence-corrected chi connectivity index (χ0v) is 11.7. The van der Waals surface area contributed by atoms with Crippen LogP contribution < -0.4 is 0 Å². The van der Waals surface area contributed by atoms with Gasteiger partial charge in [0.2, 0.25) is 5.91 Å². The molecule has 4 nitrogen and oxygen atoms in total. The standard InChI is InChI=1S/C13H26N2O2/c1-5-6-14-7-9-15(10-8-14)12(16)11-17-13(2,3)4/h5-11H2,1-4H3. The number of amides is 1. The normalized spacial score (nSPS) is 18.5. The second-order valence-corrected chi connectivity index (χ2v) is 5.62. The number of hydrogen-bond acceptors (Lipinski definition) is 3. The number of rotatable bonds is 4. The summed E-state index contributed by atoms with van der Waals surface area (Å²) in [5.74, 6) is 0.121. The van der Waals surface area contributed by atoms with Gasteiger partial charge in [0.1, 0.15) is 6.61 Å². The summed E-state index contributed by atoms with van der Waals surface area (Å²) >= 11 is 0. The lowest BCUT2D eigenvalue weighted by atomic mass is 10.2. The maximum atomic E-state index is 11.9. The number of piperazine rings is 1. The van der Waals surface area contributed by atoms with Crippen LogP contribution in [0.2, 0.25) is 0 Å². The van der Waals surface area contributed by atoms with Crippen LogP contribution in [0.15, 0.2) is 0 Å². The fourth-order valence-corrected chi connectivity index (χ4v) is 1.91. The van der Waals surface area contributed by atoms with E-state index < -0.39 is 0 Å². The SMILES string of the molecule is CCCN1CCN(C(=O)COC(C)(C)C)CC1. The molecule has 100 valence electrons. The molecule has 0 radical (unpaired) electrons. The quantitative estimate of drug-likeness (QED) is 0.746. The predicted molar refractivity (Wildman–Crippen MR) is 69.0 cm³/mol. The zero-order valence-electron chi connectivity index (χ0n) is 11.7. The topological polar surface area (TPSA) is 32.8 Å². The fraction of sp³-hybridized carbons (Fsp3) is 0.923. The van der Waals surface area contributed by atoms with Crippen molar-refractivity contribution in [3.63, 3.8) is 0 Å². The lowest BCUT2D eigenvalue weighted by Gasteiger charge is -2.35. The Bertz CT molecular complexity index is 240. The van der Waals surface area contributed by atoms with Gasteiger partial charge < -0.3 is 9.64 Å². The van der Waals surface area contributed by atoms with Crippen LogP contribution >= 0.6 is 0 Å². The van der Waals surface area contributed by atoms with Crippen LogP contribution in [0, 0.1) is 0 Å². The monoisotopic (exact) mass is 242 g/mol. The van der Waals surface area contributed by atoms with Crippen molar-refractivity contribution in [2.75, 3.05) is 39.3 Å². The Hall–Kier alpha value is -0.610. The summed E-state index contributed by atoms with van der Waals surface area (Å²) < 4.78 is 5.51. The second kappa shape index (κ2) is 6.36. The molecular weight excluding hydrogens is 216 g/mol. The summed E-state index contributed by atoms with van der Waals surface area (Å²) in [6, 6.07) is 0. The molecule has 1 saturated heterocycles. The van der Waals surface area contributed by atoms with E-state index in [1.807, 2.05) is 25.7 Å². The molecule has 0 spiro atoms. The van der Waals surface area contributed by atoms with Gasteiger partial charge in [-0.15, -0.1) is 0 Å². The molecule has 0 bridgehead atoms. The molecule has 0 aromatic carbocycles. The minimum atomic E-state index is -0.236. The van der Waals surface area contributed by atoms with Gasteiger partial charge in [0.15, 0.2) is 0 Å². The lowest BCUT2D eigenvalue weighted by Crippen LogP contribution is -2.50. The van der Waals surface area contributed by atoms with E-state index in [1.165, 1.54) is 6.42 Å². The van der Waals surface area contributed by atoms with Crippen molar-refractivity contribution in [2.45, 2.75) is 39.7 Å². The van der Waals surface area contributed by atoms with E-state index in [0.717, 1.165) is 32.7 Å². The van der Waals surface area contributed by atoms with Gasteiger partial charge in [0.25, 0.3) is 0 Å². The third-order valence-corrected chi connectivity index (χ3v) is 2.89. The van der Waals surface area contributed by atoms with Crippen LogP contribution in [0.5, 0.6) is 0 Å². The third kappa shape index (κ3) is 5.50. The maximum Gasteiger partial charge on any atom is 0.248 e. The van der Waals surface area contributed by atoms with E-state index in [4.69, 9.17) is 4.74 Å². The van der Waals surface area contributed by atoms with Gasteiger partial charge in [-0.2, -0.15) is 0 Å². The minimum absolute atomic E-state index is 0.121. The molecule has 0 unspecified atom stereocenters. The van der Waals surface area contributed by atoms with Gasteiger partial charge >= 0.3 is 0 Å². The number of carbonyl (C=O) groups is 1. The second-order valence-electron chi connectivity index (χ2n) is 5.62. The smallest absolute Gasteiger partial charge is 0.248 e. The zero-order chi connectivity index (χ0) is 12.9. The van der Waals surface area contributed by atoms with E-state index in [1.54, 1.807) is 0 Å². The molecule has 1 rings (SSSR count). The molecule has 17 heavy (non-hydrogen) atoms. The highest BCUT2D eigenvalue weighted by Gasteiger charge is 2.22. The number of nitrogens with zero attached hydrogens (tertiary/aromatic N) is 2. The molecule has 1 heterocycles. The average Bonchev–Trinajstić information content (AvgIpc) is 2.26. The highest BCUT2D eigenvalue weighted by molar-refractivity contribution is 5.77. The molecule has 0 N–H and O–H groups in total. The fourth-order valence-electron chi connectivity index (χ4n) is 1.91. The number of hydrogen-bond donors (Lipinski definition) is 0. The molecule has 4 heteroatoms. The third-order valence-electron chi connectivity index (χ3n) is 2.89. The Morgan fingerprint density at radius 3 is 2.24 bits per heavy atom. The Morgan fingerprint density at radius 1 is 1.18 bits per heavy atom. The first kappa shape index (κ1) is 14.5. The maximum absolute atomic E-state index is 11.9. The van der Waals surface area contributed by atoms with Gasteiger partial charge in [0, 0.05) is 26.2 Å². The number of ether oxygens (including phenoxy) is 1. The molecule has 0 saturated carbocycles.